The molecule has 1 N–H and O–H groups in total. The van der Waals surface area contributed by atoms with Gasteiger partial charge in [0.25, 0.3) is 0 Å². The minimum atomic E-state index is -0.350. The van der Waals surface area contributed by atoms with Crippen LogP contribution in [-0.4, -0.2) is 10.1 Å². The van der Waals surface area contributed by atoms with E-state index in [-0.39, 0.29) is 6.10 Å². The SMILES string of the molecule is CCCCC(O)c1nc(C)c(C)s1. The van der Waals surface area contributed by atoms with Gasteiger partial charge in [0.15, 0.2) is 0 Å². The summed E-state index contributed by atoms with van der Waals surface area (Å²) >= 11 is 1.61. The van der Waals surface area contributed by atoms with Crippen molar-refractivity contribution in [3.8, 4) is 0 Å². The first-order valence-corrected chi connectivity index (χ1v) is 5.58. The Morgan fingerprint density at radius 3 is 2.62 bits per heavy atom. The van der Waals surface area contributed by atoms with Crippen molar-refractivity contribution in [1.29, 1.82) is 0 Å². The van der Waals surface area contributed by atoms with Crippen LogP contribution < -0.4 is 0 Å². The second-order valence-corrected chi connectivity index (χ2v) is 4.59. The number of unbranched alkanes of at least 4 members (excludes halogenated alkanes) is 1. The third-order valence-corrected chi connectivity index (χ3v) is 3.34. The molecule has 0 aliphatic heterocycles. The molecule has 3 heteroatoms. The summed E-state index contributed by atoms with van der Waals surface area (Å²) in [7, 11) is 0. The average molecular weight is 199 g/mol. The second-order valence-electron chi connectivity index (χ2n) is 3.35. The van der Waals surface area contributed by atoms with Crippen molar-refractivity contribution < 1.29 is 5.11 Å². The van der Waals surface area contributed by atoms with Crippen LogP contribution in [0.3, 0.4) is 0 Å². The van der Waals surface area contributed by atoms with Gasteiger partial charge >= 0.3 is 0 Å². The molecular formula is C10H17NOS. The van der Waals surface area contributed by atoms with Crippen molar-refractivity contribution in [3.63, 3.8) is 0 Å². The fraction of sp³-hybridized carbons (Fsp3) is 0.700. The maximum atomic E-state index is 9.74. The van der Waals surface area contributed by atoms with Crippen LogP contribution in [0.5, 0.6) is 0 Å². The van der Waals surface area contributed by atoms with Gasteiger partial charge in [0.1, 0.15) is 11.1 Å². The summed E-state index contributed by atoms with van der Waals surface area (Å²) in [4.78, 5) is 5.55. The smallest absolute Gasteiger partial charge is 0.122 e. The summed E-state index contributed by atoms with van der Waals surface area (Å²) < 4.78 is 0. The monoisotopic (exact) mass is 199 g/mol. The quantitative estimate of drug-likeness (QED) is 0.808. The van der Waals surface area contributed by atoms with Crippen molar-refractivity contribution in [1.82, 2.24) is 4.98 Å². The highest BCUT2D eigenvalue weighted by Gasteiger charge is 2.12. The number of aliphatic hydroxyl groups excluding tert-OH is 1. The average Bonchev–Trinajstić information content (AvgIpc) is 2.43. The zero-order valence-electron chi connectivity index (χ0n) is 8.50. The Morgan fingerprint density at radius 2 is 2.15 bits per heavy atom. The first kappa shape index (κ1) is 10.7. The van der Waals surface area contributed by atoms with Crippen molar-refractivity contribution in [3.05, 3.63) is 15.6 Å². The van der Waals surface area contributed by atoms with E-state index in [1.807, 2.05) is 13.8 Å². The third-order valence-electron chi connectivity index (χ3n) is 2.16. The van der Waals surface area contributed by atoms with E-state index >= 15 is 0 Å². The predicted molar refractivity (Wildman–Crippen MR) is 56.1 cm³/mol. The van der Waals surface area contributed by atoms with E-state index in [4.69, 9.17) is 0 Å². The van der Waals surface area contributed by atoms with Gasteiger partial charge in [-0.2, -0.15) is 0 Å². The highest BCUT2D eigenvalue weighted by atomic mass is 32.1. The van der Waals surface area contributed by atoms with Gasteiger partial charge in [0.2, 0.25) is 0 Å². The van der Waals surface area contributed by atoms with Crippen LogP contribution in [0.15, 0.2) is 0 Å². The number of aryl methyl sites for hydroxylation is 2. The van der Waals surface area contributed by atoms with Crippen LogP contribution in [-0.2, 0) is 0 Å². The number of hydrogen-bond acceptors (Lipinski definition) is 3. The molecule has 2 nitrogen and oxygen atoms in total. The molecular weight excluding hydrogens is 182 g/mol. The first-order chi connectivity index (χ1) is 6.15. The Hall–Kier alpha value is -0.410. The van der Waals surface area contributed by atoms with E-state index in [1.165, 1.54) is 4.88 Å². The van der Waals surface area contributed by atoms with Gasteiger partial charge in [0.05, 0.1) is 5.69 Å². The van der Waals surface area contributed by atoms with Crippen molar-refractivity contribution in [2.24, 2.45) is 0 Å². The lowest BCUT2D eigenvalue weighted by molar-refractivity contribution is 0.163. The van der Waals surface area contributed by atoms with Gasteiger partial charge in [-0.15, -0.1) is 11.3 Å². The Labute approximate surface area is 83.6 Å². The number of aromatic nitrogens is 1. The highest BCUT2D eigenvalue weighted by Crippen LogP contribution is 2.25. The summed E-state index contributed by atoms with van der Waals surface area (Å²) in [6, 6.07) is 0. The molecule has 0 spiro atoms. The zero-order valence-corrected chi connectivity index (χ0v) is 9.32. The second kappa shape index (κ2) is 4.72. The normalized spacial score (nSPS) is 13.2. The maximum absolute atomic E-state index is 9.74. The number of thiazole rings is 1. The van der Waals surface area contributed by atoms with Crippen molar-refractivity contribution in [2.75, 3.05) is 0 Å². The Balaban J connectivity index is 2.60. The minimum absolute atomic E-state index is 0.350. The molecule has 0 saturated carbocycles. The summed E-state index contributed by atoms with van der Waals surface area (Å²) in [6.07, 6.45) is 2.68. The Kier molecular flexibility index (Phi) is 3.88. The molecule has 13 heavy (non-hydrogen) atoms. The van der Waals surface area contributed by atoms with Gasteiger partial charge in [-0.3, -0.25) is 0 Å². The molecule has 1 unspecified atom stereocenters. The molecule has 0 aromatic carbocycles. The summed E-state index contributed by atoms with van der Waals surface area (Å²) in [5.41, 5.74) is 1.05. The standard InChI is InChI=1S/C10H17NOS/c1-4-5-6-9(12)10-11-7(2)8(3)13-10/h9,12H,4-6H2,1-3H3. The molecule has 74 valence electrons. The lowest BCUT2D eigenvalue weighted by Crippen LogP contribution is -1.96. The molecule has 0 radical (unpaired) electrons. The lowest BCUT2D eigenvalue weighted by Gasteiger charge is -2.04. The minimum Gasteiger partial charge on any atom is -0.386 e. The Morgan fingerprint density at radius 1 is 1.46 bits per heavy atom. The molecule has 1 aromatic heterocycles. The molecule has 0 fully saturated rings. The van der Waals surface area contributed by atoms with Crippen LogP contribution in [0, 0.1) is 13.8 Å². The van der Waals surface area contributed by atoms with E-state index in [2.05, 4.69) is 11.9 Å². The molecule has 0 amide bonds. The van der Waals surface area contributed by atoms with Crippen LogP contribution in [0.1, 0.15) is 47.9 Å². The zero-order chi connectivity index (χ0) is 9.84. The van der Waals surface area contributed by atoms with Gasteiger partial charge in [0, 0.05) is 4.88 Å². The highest BCUT2D eigenvalue weighted by molar-refractivity contribution is 7.11. The summed E-state index contributed by atoms with van der Waals surface area (Å²) in [6.45, 7) is 6.16. The molecule has 0 aliphatic rings. The van der Waals surface area contributed by atoms with Crippen LogP contribution in [0.25, 0.3) is 0 Å². The fourth-order valence-corrected chi connectivity index (χ4v) is 2.10. The number of hydrogen-bond donors (Lipinski definition) is 1. The molecule has 0 saturated heterocycles. The van der Waals surface area contributed by atoms with Gasteiger partial charge in [-0.1, -0.05) is 19.8 Å². The van der Waals surface area contributed by atoms with E-state index < -0.39 is 0 Å². The molecule has 0 aliphatic carbocycles. The number of nitrogens with zero attached hydrogens (tertiary/aromatic N) is 1. The van der Waals surface area contributed by atoms with Crippen LogP contribution in [0.2, 0.25) is 0 Å². The Bertz CT molecular complexity index is 250. The molecule has 1 aromatic rings. The lowest BCUT2D eigenvalue weighted by atomic mass is 10.2. The fourth-order valence-electron chi connectivity index (χ4n) is 1.16. The summed E-state index contributed by atoms with van der Waals surface area (Å²) in [5, 5.41) is 10.6. The number of rotatable bonds is 4. The predicted octanol–water partition coefficient (Wildman–Crippen LogP) is 2.98. The number of aliphatic hydroxyl groups is 1. The van der Waals surface area contributed by atoms with Gasteiger partial charge < -0.3 is 5.11 Å². The molecule has 1 atom stereocenters. The molecule has 1 heterocycles. The third kappa shape index (κ3) is 2.78. The largest absolute Gasteiger partial charge is 0.386 e. The van der Waals surface area contributed by atoms with E-state index in [1.54, 1.807) is 11.3 Å². The van der Waals surface area contributed by atoms with E-state index in [0.717, 1.165) is 30.0 Å². The van der Waals surface area contributed by atoms with E-state index in [0.29, 0.717) is 0 Å². The van der Waals surface area contributed by atoms with Gasteiger partial charge in [-0.05, 0) is 20.3 Å². The topological polar surface area (TPSA) is 33.1 Å². The maximum Gasteiger partial charge on any atom is 0.122 e. The molecule has 1 rings (SSSR count). The van der Waals surface area contributed by atoms with Crippen LogP contribution in [0.4, 0.5) is 0 Å². The van der Waals surface area contributed by atoms with Gasteiger partial charge in [-0.25, -0.2) is 4.98 Å². The van der Waals surface area contributed by atoms with E-state index in [9.17, 15) is 5.11 Å². The van der Waals surface area contributed by atoms with Crippen molar-refractivity contribution >= 4 is 11.3 Å². The molecule has 0 bridgehead atoms. The van der Waals surface area contributed by atoms with Crippen molar-refractivity contribution in [2.45, 2.75) is 46.1 Å². The summed E-state index contributed by atoms with van der Waals surface area (Å²) in [5.74, 6) is 0. The van der Waals surface area contributed by atoms with Crippen LogP contribution >= 0.6 is 11.3 Å². The first-order valence-electron chi connectivity index (χ1n) is 4.77.